The van der Waals surface area contributed by atoms with E-state index in [1.54, 1.807) is 11.0 Å². The van der Waals surface area contributed by atoms with Crippen molar-refractivity contribution in [3.63, 3.8) is 0 Å². The maximum atomic E-state index is 4.56. The SMILES string of the molecule is Cc1cc(C)n(-c2cccc(CN(C)CCCn3cnnn3)c2)n1. The van der Waals surface area contributed by atoms with Crippen molar-refractivity contribution in [1.82, 2.24) is 34.9 Å². The highest BCUT2D eigenvalue weighted by Gasteiger charge is 2.06. The minimum Gasteiger partial charge on any atom is -0.302 e. The van der Waals surface area contributed by atoms with Crippen LogP contribution in [0.3, 0.4) is 0 Å². The van der Waals surface area contributed by atoms with Gasteiger partial charge in [-0.05, 0) is 68.1 Å². The predicted octanol–water partition coefficient (Wildman–Crippen LogP) is 2.00. The lowest BCUT2D eigenvalue weighted by Gasteiger charge is -2.17. The predicted molar refractivity (Wildman–Crippen MR) is 91.8 cm³/mol. The third-order valence-corrected chi connectivity index (χ3v) is 3.94. The maximum Gasteiger partial charge on any atom is 0.138 e. The van der Waals surface area contributed by atoms with Crippen LogP contribution in [0, 0.1) is 13.8 Å². The molecule has 0 aliphatic rings. The number of aryl methyl sites for hydroxylation is 3. The van der Waals surface area contributed by atoms with Gasteiger partial charge < -0.3 is 4.90 Å². The van der Waals surface area contributed by atoms with E-state index in [1.807, 2.05) is 11.6 Å². The van der Waals surface area contributed by atoms with Crippen molar-refractivity contribution in [1.29, 1.82) is 0 Å². The molecule has 7 heteroatoms. The van der Waals surface area contributed by atoms with Crippen LogP contribution in [0.2, 0.25) is 0 Å². The van der Waals surface area contributed by atoms with Gasteiger partial charge in [0.1, 0.15) is 6.33 Å². The van der Waals surface area contributed by atoms with Gasteiger partial charge in [-0.3, -0.25) is 0 Å². The summed E-state index contributed by atoms with van der Waals surface area (Å²) in [5.41, 5.74) is 4.59. The van der Waals surface area contributed by atoms with Crippen LogP contribution in [0.4, 0.5) is 0 Å². The molecule has 126 valence electrons. The summed E-state index contributed by atoms with van der Waals surface area (Å²) in [4.78, 5) is 2.31. The molecule has 0 radical (unpaired) electrons. The monoisotopic (exact) mass is 325 g/mol. The Morgan fingerprint density at radius 1 is 1.17 bits per heavy atom. The van der Waals surface area contributed by atoms with E-state index in [0.717, 1.165) is 43.1 Å². The second-order valence-electron chi connectivity index (χ2n) is 6.17. The zero-order valence-electron chi connectivity index (χ0n) is 14.4. The quantitative estimate of drug-likeness (QED) is 0.665. The maximum absolute atomic E-state index is 4.56. The fraction of sp³-hybridized carbons (Fsp3) is 0.412. The van der Waals surface area contributed by atoms with Crippen molar-refractivity contribution in [3.05, 3.63) is 53.6 Å². The standard InChI is InChI=1S/C17H23N7/c1-14-10-15(2)24(19-14)17-7-4-6-16(11-17)12-22(3)8-5-9-23-13-18-20-21-23/h4,6-7,10-11,13H,5,8-9,12H2,1-3H3. The summed E-state index contributed by atoms with van der Waals surface area (Å²) in [5.74, 6) is 0. The van der Waals surface area contributed by atoms with E-state index in [2.05, 4.69) is 69.8 Å². The van der Waals surface area contributed by atoms with Crippen molar-refractivity contribution < 1.29 is 0 Å². The highest BCUT2D eigenvalue weighted by Crippen LogP contribution is 2.15. The summed E-state index contributed by atoms with van der Waals surface area (Å²) in [6.45, 7) is 6.83. The van der Waals surface area contributed by atoms with Gasteiger partial charge >= 0.3 is 0 Å². The van der Waals surface area contributed by atoms with E-state index >= 15 is 0 Å². The Bertz CT molecular complexity index is 776. The van der Waals surface area contributed by atoms with Crippen LogP contribution in [0.1, 0.15) is 23.4 Å². The van der Waals surface area contributed by atoms with Gasteiger partial charge in [-0.2, -0.15) is 5.10 Å². The Morgan fingerprint density at radius 2 is 2.04 bits per heavy atom. The number of tetrazole rings is 1. The molecule has 0 bridgehead atoms. The highest BCUT2D eigenvalue weighted by molar-refractivity contribution is 5.37. The highest BCUT2D eigenvalue weighted by atomic mass is 15.5. The minimum atomic E-state index is 0.836. The van der Waals surface area contributed by atoms with Crippen LogP contribution >= 0.6 is 0 Å². The van der Waals surface area contributed by atoms with Crippen molar-refractivity contribution in [2.45, 2.75) is 33.4 Å². The number of rotatable bonds is 7. The zero-order chi connectivity index (χ0) is 16.9. The lowest BCUT2D eigenvalue weighted by molar-refractivity contribution is 0.310. The smallest absolute Gasteiger partial charge is 0.138 e. The molecule has 3 rings (SSSR count). The van der Waals surface area contributed by atoms with Gasteiger partial charge in [0.15, 0.2) is 0 Å². The Labute approximate surface area is 141 Å². The Hall–Kier alpha value is -2.54. The topological polar surface area (TPSA) is 64.7 Å². The van der Waals surface area contributed by atoms with Crippen molar-refractivity contribution >= 4 is 0 Å². The zero-order valence-corrected chi connectivity index (χ0v) is 14.4. The molecule has 0 saturated carbocycles. The number of hydrogen-bond donors (Lipinski definition) is 0. The molecule has 24 heavy (non-hydrogen) atoms. The molecule has 0 spiro atoms. The summed E-state index contributed by atoms with van der Waals surface area (Å²) >= 11 is 0. The molecule has 3 aromatic rings. The van der Waals surface area contributed by atoms with Crippen LogP contribution in [0.5, 0.6) is 0 Å². The molecular weight excluding hydrogens is 302 g/mol. The van der Waals surface area contributed by atoms with Crippen molar-refractivity contribution in [2.24, 2.45) is 0 Å². The van der Waals surface area contributed by atoms with Gasteiger partial charge in [-0.25, -0.2) is 9.36 Å². The molecule has 0 aliphatic carbocycles. The van der Waals surface area contributed by atoms with Crippen LogP contribution in [0.25, 0.3) is 5.69 Å². The summed E-state index contributed by atoms with van der Waals surface area (Å²) in [5, 5.41) is 15.7. The van der Waals surface area contributed by atoms with E-state index in [4.69, 9.17) is 0 Å². The molecule has 0 amide bonds. The fourth-order valence-electron chi connectivity index (χ4n) is 2.85. The average molecular weight is 325 g/mol. The molecular formula is C17H23N7. The first kappa shape index (κ1) is 16.3. The third-order valence-electron chi connectivity index (χ3n) is 3.94. The van der Waals surface area contributed by atoms with Crippen LogP contribution in [-0.2, 0) is 13.1 Å². The summed E-state index contributed by atoms with van der Waals surface area (Å²) < 4.78 is 3.76. The summed E-state index contributed by atoms with van der Waals surface area (Å²) in [7, 11) is 2.13. The molecule has 0 aliphatic heterocycles. The Morgan fingerprint density at radius 3 is 2.75 bits per heavy atom. The Balaban J connectivity index is 1.58. The third kappa shape index (κ3) is 4.05. The number of benzene rings is 1. The number of hydrogen-bond acceptors (Lipinski definition) is 5. The molecule has 2 aromatic heterocycles. The number of aromatic nitrogens is 6. The number of nitrogens with zero attached hydrogens (tertiary/aromatic N) is 7. The van der Waals surface area contributed by atoms with Gasteiger partial charge in [0.2, 0.25) is 0 Å². The second kappa shape index (κ2) is 7.35. The van der Waals surface area contributed by atoms with Gasteiger partial charge in [0.05, 0.1) is 11.4 Å². The van der Waals surface area contributed by atoms with Gasteiger partial charge in [0, 0.05) is 18.8 Å². The summed E-state index contributed by atoms with van der Waals surface area (Å²) in [6.07, 6.45) is 2.66. The first-order valence-electron chi connectivity index (χ1n) is 8.14. The van der Waals surface area contributed by atoms with Gasteiger partial charge in [-0.15, -0.1) is 5.10 Å². The van der Waals surface area contributed by atoms with Crippen molar-refractivity contribution in [3.8, 4) is 5.69 Å². The molecule has 0 fully saturated rings. The molecule has 1 aromatic carbocycles. The van der Waals surface area contributed by atoms with Gasteiger partial charge in [0.25, 0.3) is 0 Å². The first-order chi connectivity index (χ1) is 11.6. The van der Waals surface area contributed by atoms with E-state index in [0.29, 0.717) is 0 Å². The van der Waals surface area contributed by atoms with E-state index in [9.17, 15) is 0 Å². The largest absolute Gasteiger partial charge is 0.302 e. The first-order valence-corrected chi connectivity index (χ1v) is 8.14. The lowest BCUT2D eigenvalue weighted by Crippen LogP contribution is -2.20. The Kier molecular flexibility index (Phi) is 5.00. The molecule has 0 N–H and O–H groups in total. The minimum absolute atomic E-state index is 0.836. The lowest BCUT2D eigenvalue weighted by atomic mass is 10.2. The molecule has 7 nitrogen and oxygen atoms in total. The molecule has 0 unspecified atom stereocenters. The fourth-order valence-corrected chi connectivity index (χ4v) is 2.85. The van der Waals surface area contributed by atoms with Crippen LogP contribution < -0.4 is 0 Å². The second-order valence-corrected chi connectivity index (χ2v) is 6.17. The summed E-state index contributed by atoms with van der Waals surface area (Å²) in [6, 6.07) is 10.7. The van der Waals surface area contributed by atoms with E-state index < -0.39 is 0 Å². The van der Waals surface area contributed by atoms with E-state index in [1.165, 1.54) is 5.56 Å². The van der Waals surface area contributed by atoms with Crippen LogP contribution in [0.15, 0.2) is 36.7 Å². The van der Waals surface area contributed by atoms with Gasteiger partial charge in [-0.1, -0.05) is 12.1 Å². The van der Waals surface area contributed by atoms with Crippen molar-refractivity contribution in [2.75, 3.05) is 13.6 Å². The normalized spacial score (nSPS) is 11.3. The van der Waals surface area contributed by atoms with E-state index in [-0.39, 0.29) is 0 Å². The van der Waals surface area contributed by atoms with Crippen LogP contribution in [-0.4, -0.2) is 48.5 Å². The molecule has 0 atom stereocenters. The molecule has 0 saturated heterocycles. The molecule has 2 heterocycles. The average Bonchev–Trinajstić information content (AvgIpc) is 3.17.